The summed E-state index contributed by atoms with van der Waals surface area (Å²) < 4.78 is 21.2. The van der Waals surface area contributed by atoms with Gasteiger partial charge in [-0.05, 0) is 39.5 Å². The topological polar surface area (TPSA) is 136 Å². The third-order valence-electron chi connectivity index (χ3n) is 5.48. The van der Waals surface area contributed by atoms with Crippen LogP contribution < -0.4 is 10.4 Å². The maximum absolute atomic E-state index is 12.4. The summed E-state index contributed by atoms with van der Waals surface area (Å²) in [7, 11) is 0. The van der Waals surface area contributed by atoms with Crippen molar-refractivity contribution in [2.75, 3.05) is 25.6 Å². The molecule has 5 atom stereocenters. The summed E-state index contributed by atoms with van der Waals surface area (Å²) in [5, 5.41) is 16.4. The number of aliphatic hydroxyl groups excluding tert-OH is 1. The van der Waals surface area contributed by atoms with Crippen molar-refractivity contribution in [2.45, 2.75) is 83.4 Å². The minimum Gasteiger partial charge on any atom is -0.462 e. The van der Waals surface area contributed by atoms with Crippen LogP contribution in [0.4, 0.5) is 0 Å². The SMILES string of the molecule is CC1=CN(C2OC(COP(=S)(NC(C)C(=O)OC(C)C)OCCSC(=O)C(C)(C)C)C(O)C2(Cl)Cl)CNC1=O. The molecule has 3 N–H and O–H groups in total. The van der Waals surface area contributed by atoms with Crippen molar-refractivity contribution in [1.82, 2.24) is 15.3 Å². The van der Waals surface area contributed by atoms with Gasteiger partial charge in [0.2, 0.25) is 5.91 Å². The van der Waals surface area contributed by atoms with Crippen LogP contribution in [0.1, 0.15) is 48.5 Å². The van der Waals surface area contributed by atoms with Crippen molar-refractivity contribution >= 4 is 70.4 Å². The van der Waals surface area contributed by atoms with Gasteiger partial charge in [-0.2, -0.15) is 0 Å². The maximum Gasteiger partial charge on any atom is 0.323 e. The molecule has 2 aliphatic heterocycles. The van der Waals surface area contributed by atoms with Crippen LogP contribution in [0.25, 0.3) is 0 Å². The van der Waals surface area contributed by atoms with Gasteiger partial charge in [-0.25, -0.2) is 5.09 Å². The molecule has 2 heterocycles. The number of hydrogen-bond donors (Lipinski definition) is 3. The van der Waals surface area contributed by atoms with Crippen LogP contribution in [0, 0.1) is 5.41 Å². The highest BCUT2D eigenvalue weighted by Crippen LogP contribution is 2.48. The van der Waals surface area contributed by atoms with Crippen molar-refractivity contribution < 1.29 is 38.0 Å². The third-order valence-corrected chi connectivity index (χ3v) is 10.2. The molecule has 16 heteroatoms. The van der Waals surface area contributed by atoms with E-state index in [-0.39, 0.29) is 37.0 Å². The standard InChI is InChI=1S/C23H38Cl2N3O8PS2/c1-13(2)35-19(31)15(4)27-37(38,33-8-9-39-21(32)22(5,6)7)34-11-16-17(29)23(24,25)20(36-16)28-10-14(3)18(30)26-12-28/h10,13,15-17,20,29H,8-9,11-12H2,1-7H3,(H,26,30)(H,27,38). The molecule has 1 amide bonds. The summed E-state index contributed by atoms with van der Waals surface area (Å²) in [6.07, 6.45) is -2.20. The van der Waals surface area contributed by atoms with Crippen molar-refractivity contribution in [3.63, 3.8) is 0 Å². The van der Waals surface area contributed by atoms with Crippen molar-refractivity contribution in [2.24, 2.45) is 5.41 Å². The van der Waals surface area contributed by atoms with Gasteiger partial charge in [0.1, 0.15) is 18.2 Å². The first-order valence-corrected chi connectivity index (χ1v) is 16.7. The molecule has 2 rings (SSSR count). The number of nitrogens with zero attached hydrogens (tertiary/aromatic N) is 1. The molecule has 0 saturated carbocycles. The highest BCUT2D eigenvalue weighted by molar-refractivity contribution is 8.13. The molecule has 11 nitrogen and oxygen atoms in total. The maximum atomic E-state index is 12.4. The number of nitrogens with one attached hydrogen (secondary N) is 2. The van der Waals surface area contributed by atoms with Gasteiger partial charge in [0.25, 0.3) is 6.64 Å². The number of ether oxygens (including phenoxy) is 2. The fourth-order valence-electron chi connectivity index (χ4n) is 3.38. The van der Waals surface area contributed by atoms with E-state index in [0.29, 0.717) is 11.3 Å². The molecule has 1 fully saturated rings. The molecule has 0 aromatic rings. The lowest BCUT2D eigenvalue weighted by atomic mass is 10.00. The Balaban J connectivity index is 2.11. The number of thioether (sulfide) groups is 1. The number of aliphatic hydroxyl groups is 1. The molecular weight excluding hydrogens is 612 g/mol. The van der Waals surface area contributed by atoms with Crippen LogP contribution in [0.2, 0.25) is 0 Å². The second-order valence-corrected chi connectivity index (χ2v) is 16.2. The van der Waals surface area contributed by atoms with E-state index in [1.165, 1.54) is 0 Å². The summed E-state index contributed by atoms with van der Waals surface area (Å²) >= 11 is 19.7. The molecule has 5 unspecified atom stereocenters. The predicted octanol–water partition coefficient (Wildman–Crippen LogP) is 3.03. The van der Waals surface area contributed by atoms with Crippen LogP contribution in [0.3, 0.4) is 0 Å². The first-order chi connectivity index (χ1) is 17.9. The number of carbonyl (C=O) groups is 3. The molecule has 0 radical (unpaired) electrons. The van der Waals surface area contributed by atoms with Gasteiger partial charge in [0.05, 0.1) is 26.0 Å². The van der Waals surface area contributed by atoms with E-state index in [9.17, 15) is 19.5 Å². The highest BCUT2D eigenvalue weighted by atomic mass is 35.5. The highest BCUT2D eigenvalue weighted by Gasteiger charge is 2.57. The van der Waals surface area contributed by atoms with Gasteiger partial charge in [0.15, 0.2) is 15.7 Å². The van der Waals surface area contributed by atoms with Gasteiger partial charge < -0.3 is 33.8 Å². The summed E-state index contributed by atoms with van der Waals surface area (Å²) in [5.41, 5.74) is -0.0942. The minimum absolute atomic E-state index is 0.00516. The van der Waals surface area contributed by atoms with E-state index < -0.39 is 46.8 Å². The average Bonchev–Trinajstić information content (AvgIpc) is 3.04. The zero-order valence-corrected chi connectivity index (χ0v) is 27.1. The minimum atomic E-state index is -3.37. The van der Waals surface area contributed by atoms with E-state index in [2.05, 4.69) is 10.4 Å². The largest absolute Gasteiger partial charge is 0.462 e. The molecular formula is C23H38Cl2N3O8PS2. The molecule has 39 heavy (non-hydrogen) atoms. The van der Waals surface area contributed by atoms with Gasteiger partial charge >= 0.3 is 5.97 Å². The van der Waals surface area contributed by atoms with E-state index in [1.807, 2.05) is 20.8 Å². The zero-order valence-electron chi connectivity index (χ0n) is 23.1. The van der Waals surface area contributed by atoms with Crippen LogP contribution in [0.15, 0.2) is 11.8 Å². The summed E-state index contributed by atoms with van der Waals surface area (Å²) in [4.78, 5) is 38.0. The summed E-state index contributed by atoms with van der Waals surface area (Å²) in [5.74, 6) is -0.472. The summed E-state index contributed by atoms with van der Waals surface area (Å²) in [6.45, 7) is 8.60. The lowest BCUT2D eigenvalue weighted by Gasteiger charge is -2.35. The average molecular weight is 651 g/mol. The third kappa shape index (κ3) is 9.80. The first kappa shape index (κ1) is 34.7. The zero-order chi connectivity index (χ0) is 29.8. The quantitative estimate of drug-likeness (QED) is 0.124. The van der Waals surface area contributed by atoms with E-state index in [0.717, 1.165) is 11.8 Å². The fourth-order valence-corrected chi connectivity index (χ4v) is 7.28. The number of rotatable bonds is 12. The van der Waals surface area contributed by atoms with Gasteiger partial charge in [0, 0.05) is 22.9 Å². The molecule has 0 aromatic carbocycles. The van der Waals surface area contributed by atoms with Gasteiger partial charge in [-0.15, -0.1) is 0 Å². The molecule has 0 bridgehead atoms. The Morgan fingerprint density at radius 2 is 2.00 bits per heavy atom. The second kappa shape index (κ2) is 14.1. The van der Waals surface area contributed by atoms with E-state index in [1.54, 1.807) is 38.8 Å². The van der Waals surface area contributed by atoms with E-state index in [4.69, 9.17) is 53.5 Å². The Morgan fingerprint density at radius 1 is 1.36 bits per heavy atom. The Labute approximate surface area is 249 Å². The number of alkyl halides is 2. The molecule has 2 aliphatic rings. The molecule has 1 saturated heterocycles. The summed E-state index contributed by atoms with van der Waals surface area (Å²) in [6, 6.07) is -0.866. The van der Waals surface area contributed by atoms with Crippen molar-refractivity contribution in [3.05, 3.63) is 11.8 Å². The first-order valence-electron chi connectivity index (χ1n) is 12.4. The van der Waals surface area contributed by atoms with Crippen LogP contribution in [-0.4, -0.2) is 87.5 Å². The Hall–Kier alpha value is -0.470. The van der Waals surface area contributed by atoms with Gasteiger partial charge in [-0.3, -0.25) is 14.4 Å². The number of halogens is 2. The normalized spacial score (nSPS) is 25.6. The van der Waals surface area contributed by atoms with Gasteiger partial charge in [-0.1, -0.05) is 55.7 Å². The monoisotopic (exact) mass is 649 g/mol. The smallest absolute Gasteiger partial charge is 0.323 e. The fraction of sp³-hybridized carbons (Fsp3) is 0.783. The molecule has 0 aliphatic carbocycles. The van der Waals surface area contributed by atoms with Crippen molar-refractivity contribution in [1.29, 1.82) is 0 Å². The van der Waals surface area contributed by atoms with Crippen LogP contribution in [-0.2, 0) is 44.7 Å². The lowest BCUT2D eigenvalue weighted by Crippen LogP contribution is -2.51. The molecule has 0 aromatic heterocycles. The lowest BCUT2D eigenvalue weighted by molar-refractivity contribution is -0.149. The Bertz CT molecular complexity index is 995. The van der Waals surface area contributed by atoms with Crippen molar-refractivity contribution in [3.8, 4) is 0 Å². The number of amides is 1. The van der Waals surface area contributed by atoms with E-state index >= 15 is 0 Å². The second-order valence-electron chi connectivity index (χ2n) is 10.5. The Morgan fingerprint density at radius 3 is 2.56 bits per heavy atom. The number of carbonyl (C=O) groups excluding carboxylic acids is 3. The van der Waals surface area contributed by atoms with Crippen LogP contribution >= 0.6 is 41.6 Å². The number of hydrogen-bond acceptors (Lipinski definition) is 11. The van der Waals surface area contributed by atoms with Crippen LogP contribution in [0.5, 0.6) is 0 Å². The molecule has 224 valence electrons. The predicted molar refractivity (Wildman–Crippen MR) is 155 cm³/mol. The Kier molecular flexibility index (Phi) is 12.6. The molecule has 0 spiro atoms. The number of esters is 1.